The second-order valence-corrected chi connectivity index (χ2v) is 8.50. The highest BCUT2D eigenvalue weighted by molar-refractivity contribution is 7.91. The minimum atomic E-state index is -2.98. The highest BCUT2D eigenvalue weighted by atomic mass is 32.2. The molecule has 1 heterocycles. The van der Waals surface area contributed by atoms with E-state index in [9.17, 15) is 23.1 Å². The third-order valence-corrected chi connectivity index (χ3v) is 6.41. The molecule has 2 fully saturated rings. The molecule has 1 saturated heterocycles. The van der Waals surface area contributed by atoms with Crippen LogP contribution in [0.1, 0.15) is 51.4 Å². The summed E-state index contributed by atoms with van der Waals surface area (Å²) in [7, 11) is -2.98. The van der Waals surface area contributed by atoms with E-state index in [1.54, 1.807) is 0 Å². The quantitative estimate of drug-likeness (QED) is 0.600. The lowest BCUT2D eigenvalue weighted by atomic mass is 9.79. The van der Waals surface area contributed by atoms with Crippen LogP contribution in [-0.2, 0) is 19.4 Å². The molecule has 0 spiro atoms. The molecule has 1 amide bonds. The van der Waals surface area contributed by atoms with Crippen LogP contribution in [0.4, 0.5) is 0 Å². The number of hydrogen-bond donors (Lipinski definition) is 2. The van der Waals surface area contributed by atoms with Gasteiger partial charge in [-0.15, -0.1) is 0 Å². The van der Waals surface area contributed by atoms with Gasteiger partial charge in [-0.2, -0.15) is 0 Å². The summed E-state index contributed by atoms with van der Waals surface area (Å²) in [5.41, 5.74) is -1.33. The fourth-order valence-electron chi connectivity index (χ4n) is 3.23. The van der Waals surface area contributed by atoms with Crippen LogP contribution in [0.2, 0.25) is 0 Å². The van der Waals surface area contributed by atoms with E-state index in [0.29, 0.717) is 25.7 Å². The van der Waals surface area contributed by atoms with Gasteiger partial charge in [0.25, 0.3) is 0 Å². The van der Waals surface area contributed by atoms with Crippen molar-refractivity contribution in [2.24, 2.45) is 5.41 Å². The minimum Gasteiger partial charge on any atom is -0.480 e. The van der Waals surface area contributed by atoms with Crippen molar-refractivity contribution < 1.29 is 23.1 Å². The first-order chi connectivity index (χ1) is 9.86. The maximum atomic E-state index is 12.5. The maximum absolute atomic E-state index is 12.5. The van der Waals surface area contributed by atoms with Crippen LogP contribution in [0.25, 0.3) is 0 Å². The van der Waals surface area contributed by atoms with E-state index in [2.05, 4.69) is 5.32 Å². The summed E-state index contributed by atoms with van der Waals surface area (Å²) in [4.78, 5) is 24.2. The first-order valence-electron chi connectivity index (χ1n) is 7.60. The second kappa shape index (κ2) is 6.34. The summed E-state index contributed by atoms with van der Waals surface area (Å²) in [6.45, 7) is 0. The van der Waals surface area contributed by atoms with E-state index in [4.69, 9.17) is 0 Å². The molecule has 0 unspecified atom stereocenters. The molecule has 0 radical (unpaired) electrons. The van der Waals surface area contributed by atoms with Crippen LogP contribution in [0.15, 0.2) is 0 Å². The van der Waals surface area contributed by atoms with E-state index < -0.39 is 27.1 Å². The molecule has 2 aliphatic rings. The monoisotopic (exact) mass is 317 g/mol. The maximum Gasteiger partial charge on any atom is 0.319 e. The van der Waals surface area contributed by atoms with Crippen LogP contribution in [0.5, 0.6) is 0 Å². The molecule has 7 heteroatoms. The average Bonchev–Trinajstić information content (AvgIpc) is 2.68. The van der Waals surface area contributed by atoms with Crippen LogP contribution in [0, 0.1) is 5.41 Å². The highest BCUT2D eigenvalue weighted by Crippen LogP contribution is 2.36. The number of carbonyl (C=O) groups is 2. The van der Waals surface area contributed by atoms with Crippen molar-refractivity contribution in [3.8, 4) is 0 Å². The average molecular weight is 317 g/mol. The Labute approximate surface area is 125 Å². The molecule has 120 valence electrons. The number of carbonyl (C=O) groups excluding carboxylic acids is 1. The van der Waals surface area contributed by atoms with Gasteiger partial charge in [0.05, 0.1) is 11.5 Å². The Bertz CT molecular complexity index is 491. The van der Waals surface area contributed by atoms with E-state index in [-0.39, 0.29) is 17.5 Å². The highest BCUT2D eigenvalue weighted by Gasteiger charge is 2.46. The number of hydrogen-bond acceptors (Lipinski definition) is 4. The van der Waals surface area contributed by atoms with E-state index in [0.717, 1.165) is 25.7 Å². The van der Waals surface area contributed by atoms with Crippen molar-refractivity contribution in [1.29, 1.82) is 0 Å². The van der Waals surface area contributed by atoms with Gasteiger partial charge in [0, 0.05) is 6.04 Å². The van der Waals surface area contributed by atoms with Crippen molar-refractivity contribution in [2.75, 3.05) is 11.5 Å². The Kier molecular flexibility index (Phi) is 4.91. The largest absolute Gasteiger partial charge is 0.480 e. The van der Waals surface area contributed by atoms with Gasteiger partial charge in [-0.25, -0.2) is 8.42 Å². The van der Waals surface area contributed by atoms with Crippen molar-refractivity contribution in [3.63, 3.8) is 0 Å². The number of carboxylic acid groups (broad SMARTS) is 1. The van der Waals surface area contributed by atoms with Crippen LogP contribution in [0.3, 0.4) is 0 Å². The first kappa shape index (κ1) is 16.3. The minimum absolute atomic E-state index is 0.0675. The number of rotatable bonds is 3. The molecular formula is C14H23NO5S. The van der Waals surface area contributed by atoms with Gasteiger partial charge >= 0.3 is 5.97 Å². The van der Waals surface area contributed by atoms with Crippen LogP contribution < -0.4 is 5.32 Å². The predicted molar refractivity (Wildman–Crippen MR) is 77.6 cm³/mol. The Morgan fingerprint density at radius 2 is 1.52 bits per heavy atom. The molecule has 0 aromatic carbocycles. The molecule has 0 bridgehead atoms. The summed E-state index contributed by atoms with van der Waals surface area (Å²) < 4.78 is 22.8. The van der Waals surface area contributed by atoms with Gasteiger partial charge in [0.2, 0.25) is 5.91 Å². The van der Waals surface area contributed by atoms with Gasteiger partial charge in [-0.1, -0.05) is 25.7 Å². The summed E-state index contributed by atoms with van der Waals surface area (Å²) in [6.07, 6.45) is 4.93. The number of aliphatic carboxylic acids is 1. The summed E-state index contributed by atoms with van der Waals surface area (Å²) >= 11 is 0. The lowest BCUT2D eigenvalue weighted by molar-refractivity contribution is -0.157. The van der Waals surface area contributed by atoms with Crippen LogP contribution >= 0.6 is 0 Å². The molecule has 1 saturated carbocycles. The second-order valence-electron chi connectivity index (χ2n) is 6.20. The number of sulfone groups is 1. The van der Waals surface area contributed by atoms with E-state index in [1.807, 2.05) is 0 Å². The predicted octanol–water partition coefficient (Wildman–Crippen LogP) is 1.10. The molecule has 2 rings (SSSR count). The van der Waals surface area contributed by atoms with Crippen molar-refractivity contribution in [1.82, 2.24) is 5.32 Å². The summed E-state index contributed by atoms with van der Waals surface area (Å²) in [6, 6.07) is -0.222. The van der Waals surface area contributed by atoms with Gasteiger partial charge in [-0.3, -0.25) is 9.59 Å². The SMILES string of the molecule is O=C(O)C1(C(=O)NC2CCS(=O)(=O)CC2)CCCCCC1. The Morgan fingerprint density at radius 3 is 2.00 bits per heavy atom. The molecule has 1 aliphatic carbocycles. The van der Waals surface area contributed by atoms with Crippen LogP contribution in [-0.4, -0.2) is 42.9 Å². The molecular weight excluding hydrogens is 294 g/mol. The zero-order valence-electron chi connectivity index (χ0n) is 12.1. The third-order valence-electron chi connectivity index (χ3n) is 4.69. The standard InChI is InChI=1S/C14H23NO5S/c16-12(15-11-5-9-21(19,20)10-6-11)14(13(17)18)7-3-1-2-4-8-14/h11H,1-10H2,(H,15,16)(H,17,18). The topological polar surface area (TPSA) is 101 Å². The summed E-state index contributed by atoms with van der Waals surface area (Å²) in [5.74, 6) is -1.35. The van der Waals surface area contributed by atoms with Crippen molar-refractivity contribution in [3.05, 3.63) is 0 Å². The number of amides is 1. The van der Waals surface area contributed by atoms with E-state index >= 15 is 0 Å². The van der Waals surface area contributed by atoms with Gasteiger partial charge in [-0.05, 0) is 25.7 Å². The normalized spacial score (nSPS) is 25.7. The zero-order chi connectivity index (χ0) is 15.5. The lowest BCUT2D eigenvalue weighted by Gasteiger charge is -2.30. The molecule has 6 nitrogen and oxygen atoms in total. The number of carboxylic acids is 1. The third kappa shape index (κ3) is 3.75. The summed E-state index contributed by atoms with van der Waals surface area (Å²) in [5, 5.41) is 12.3. The molecule has 2 N–H and O–H groups in total. The van der Waals surface area contributed by atoms with E-state index in [1.165, 1.54) is 0 Å². The van der Waals surface area contributed by atoms with Crippen molar-refractivity contribution >= 4 is 21.7 Å². The first-order valence-corrected chi connectivity index (χ1v) is 9.43. The molecule has 0 aromatic heterocycles. The fraction of sp³-hybridized carbons (Fsp3) is 0.857. The molecule has 0 aromatic rings. The van der Waals surface area contributed by atoms with Gasteiger partial charge in [0.1, 0.15) is 15.3 Å². The Balaban J connectivity index is 2.04. The smallest absolute Gasteiger partial charge is 0.319 e. The number of nitrogens with one attached hydrogen (secondary N) is 1. The molecule has 1 aliphatic heterocycles. The fourth-order valence-corrected chi connectivity index (χ4v) is 4.72. The Morgan fingerprint density at radius 1 is 1.00 bits per heavy atom. The van der Waals surface area contributed by atoms with Gasteiger partial charge < -0.3 is 10.4 Å². The Hall–Kier alpha value is -1.11. The molecule has 21 heavy (non-hydrogen) atoms. The lowest BCUT2D eigenvalue weighted by Crippen LogP contribution is -2.51. The van der Waals surface area contributed by atoms with Gasteiger partial charge in [0.15, 0.2) is 0 Å². The van der Waals surface area contributed by atoms with Crippen molar-refractivity contribution in [2.45, 2.75) is 57.4 Å². The molecule has 0 atom stereocenters. The zero-order valence-corrected chi connectivity index (χ0v) is 13.0.